The molecule has 0 aliphatic rings. The smallest absolute Gasteiger partial charge is 0.260 e. The minimum Gasteiger partial charge on any atom is -0.495 e. The number of hydrogen-bond acceptors (Lipinski definition) is 4. The first-order valence-corrected chi connectivity index (χ1v) is 6.39. The number of methoxy groups -OCH3 is 1. The molecule has 1 aromatic heterocycles. The lowest BCUT2D eigenvalue weighted by Crippen LogP contribution is -2.13. The maximum absolute atomic E-state index is 12.1. The summed E-state index contributed by atoms with van der Waals surface area (Å²) in [5.74, 6) is -0.195. The van der Waals surface area contributed by atoms with Gasteiger partial charge in [0.25, 0.3) is 5.91 Å². The van der Waals surface area contributed by atoms with Crippen LogP contribution < -0.4 is 15.4 Å². The minimum absolute atomic E-state index is 0.00415. The van der Waals surface area contributed by atoms with E-state index < -0.39 is 5.91 Å². The topological polar surface area (TPSA) is 80.6 Å². The van der Waals surface area contributed by atoms with Gasteiger partial charge in [0, 0.05) is 12.6 Å². The van der Waals surface area contributed by atoms with Crippen molar-refractivity contribution in [1.82, 2.24) is 0 Å². The van der Waals surface area contributed by atoms with Crippen molar-refractivity contribution >= 4 is 34.8 Å². The van der Waals surface area contributed by atoms with E-state index in [-0.39, 0.29) is 16.7 Å². The van der Waals surface area contributed by atoms with Crippen molar-refractivity contribution < 1.29 is 18.7 Å². The van der Waals surface area contributed by atoms with Crippen LogP contribution in [0.15, 0.2) is 34.9 Å². The molecule has 0 saturated heterocycles. The normalized spacial score (nSPS) is 10.0. The zero-order valence-corrected chi connectivity index (χ0v) is 12.2. The summed E-state index contributed by atoms with van der Waals surface area (Å²) in [5.41, 5.74) is 1.16. The van der Waals surface area contributed by atoms with Gasteiger partial charge in [-0.15, -0.1) is 0 Å². The molecule has 1 heterocycles. The van der Waals surface area contributed by atoms with Crippen LogP contribution in [-0.4, -0.2) is 18.9 Å². The Morgan fingerprint density at radius 3 is 2.57 bits per heavy atom. The second-order valence-corrected chi connectivity index (χ2v) is 4.50. The lowest BCUT2D eigenvalue weighted by molar-refractivity contribution is -0.114. The highest BCUT2D eigenvalue weighted by Gasteiger charge is 2.15. The van der Waals surface area contributed by atoms with Gasteiger partial charge in [0.2, 0.25) is 11.1 Å². The Hall–Kier alpha value is -2.47. The van der Waals surface area contributed by atoms with E-state index >= 15 is 0 Å². The fraction of sp³-hybridized carbons (Fsp3) is 0.143. The van der Waals surface area contributed by atoms with E-state index in [0.29, 0.717) is 17.1 Å². The van der Waals surface area contributed by atoms with E-state index in [0.717, 1.165) is 0 Å². The number of carbonyl (C=O) groups is 2. The van der Waals surface area contributed by atoms with Crippen molar-refractivity contribution in [2.24, 2.45) is 0 Å². The summed E-state index contributed by atoms with van der Waals surface area (Å²) in [7, 11) is 1.48. The lowest BCUT2D eigenvalue weighted by Gasteiger charge is -2.12. The molecule has 2 N–H and O–H groups in total. The lowest BCUT2D eigenvalue weighted by atomic mass is 10.2. The van der Waals surface area contributed by atoms with Gasteiger partial charge in [0.1, 0.15) is 5.75 Å². The molecular weight excluding hydrogens is 296 g/mol. The number of amides is 2. The molecule has 0 saturated carbocycles. The monoisotopic (exact) mass is 308 g/mol. The van der Waals surface area contributed by atoms with Crippen LogP contribution in [0.1, 0.15) is 17.3 Å². The number of hydrogen-bond donors (Lipinski definition) is 2. The van der Waals surface area contributed by atoms with Crippen LogP contribution in [0.5, 0.6) is 5.75 Å². The summed E-state index contributed by atoms with van der Waals surface area (Å²) in [5, 5.41) is 5.29. The Morgan fingerprint density at radius 1 is 1.24 bits per heavy atom. The van der Waals surface area contributed by atoms with Crippen molar-refractivity contribution in [3.8, 4) is 5.75 Å². The van der Waals surface area contributed by atoms with Gasteiger partial charge in [-0.05, 0) is 35.9 Å². The molecule has 0 unspecified atom stereocenters. The van der Waals surface area contributed by atoms with E-state index in [4.69, 9.17) is 20.8 Å². The predicted molar refractivity (Wildman–Crippen MR) is 79.0 cm³/mol. The van der Waals surface area contributed by atoms with Crippen LogP contribution in [0.25, 0.3) is 0 Å². The molecule has 2 amide bonds. The molecule has 0 spiro atoms. The summed E-state index contributed by atoms with van der Waals surface area (Å²) in [4.78, 5) is 23.2. The van der Waals surface area contributed by atoms with Crippen LogP contribution >= 0.6 is 11.6 Å². The zero-order valence-electron chi connectivity index (χ0n) is 11.4. The van der Waals surface area contributed by atoms with Crippen LogP contribution in [-0.2, 0) is 4.79 Å². The van der Waals surface area contributed by atoms with Crippen molar-refractivity contribution in [2.75, 3.05) is 17.7 Å². The van der Waals surface area contributed by atoms with Gasteiger partial charge in [0.05, 0.1) is 24.6 Å². The molecule has 110 valence electrons. The first kappa shape index (κ1) is 14.9. The van der Waals surface area contributed by atoms with Crippen molar-refractivity contribution in [3.63, 3.8) is 0 Å². The number of benzene rings is 1. The standard InChI is InChI=1S/C14H13ClN2O4/c1-8(18)16-9-3-4-12(20-2)11(7-9)17-14(19)10-5-6-21-13(10)15/h3-7H,1-2H3,(H,16,18)(H,17,19). The first-order chi connectivity index (χ1) is 10.0. The van der Waals surface area contributed by atoms with Gasteiger partial charge in [-0.1, -0.05) is 0 Å². The summed E-state index contributed by atoms with van der Waals surface area (Å²) < 4.78 is 10.0. The highest BCUT2D eigenvalue weighted by molar-refractivity contribution is 6.32. The van der Waals surface area contributed by atoms with E-state index in [1.807, 2.05) is 0 Å². The van der Waals surface area contributed by atoms with Gasteiger partial charge in [-0.2, -0.15) is 0 Å². The Balaban J connectivity index is 2.27. The number of furan rings is 1. The van der Waals surface area contributed by atoms with Crippen LogP contribution in [0, 0.1) is 0 Å². The number of nitrogens with one attached hydrogen (secondary N) is 2. The minimum atomic E-state index is -0.438. The Kier molecular flexibility index (Phi) is 4.49. The zero-order chi connectivity index (χ0) is 15.4. The fourth-order valence-electron chi connectivity index (χ4n) is 1.73. The van der Waals surface area contributed by atoms with E-state index in [2.05, 4.69) is 10.6 Å². The van der Waals surface area contributed by atoms with Gasteiger partial charge in [-0.3, -0.25) is 9.59 Å². The van der Waals surface area contributed by atoms with Gasteiger partial charge in [0.15, 0.2) is 0 Å². The fourth-order valence-corrected chi connectivity index (χ4v) is 1.93. The highest BCUT2D eigenvalue weighted by atomic mass is 35.5. The largest absolute Gasteiger partial charge is 0.495 e. The summed E-state index contributed by atoms with van der Waals surface area (Å²) >= 11 is 5.76. The van der Waals surface area contributed by atoms with Gasteiger partial charge >= 0.3 is 0 Å². The highest BCUT2D eigenvalue weighted by Crippen LogP contribution is 2.29. The second-order valence-electron chi connectivity index (χ2n) is 4.16. The molecular formula is C14H13ClN2O4. The average Bonchev–Trinajstić information content (AvgIpc) is 2.84. The molecule has 21 heavy (non-hydrogen) atoms. The molecule has 0 radical (unpaired) electrons. The number of carbonyl (C=O) groups excluding carboxylic acids is 2. The predicted octanol–water partition coefficient (Wildman–Crippen LogP) is 3.15. The molecule has 7 heteroatoms. The second kappa shape index (κ2) is 6.32. The third-order valence-electron chi connectivity index (χ3n) is 2.63. The van der Waals surface area contributed by atoms with Gasteiger partial charge < -0.3 is 19.8 Å². The molecule has 6 nitrogen and oxygen atoms in total. The number of anilines is 2. The molecule has 2 aromatic rings. The van der Waals surface area contributed by atoms with E-state index in [1.165, 1.54) is 26.4 Å². The first-order valence-electron chi connectivity index (χ1n) is 6.01. The van der Waals surface area contributed by atoms with Crippen LogP contribution in [0.4, 0.5) is 11.4 Å². The van der Waals surface area contributed by atoms with Gasteiger partial charge in [-0.25, -0.2) is 0 Å². The SMILES string of the molecule is COc1ccc(NC(C)=O)cc1NC(=O)c1ccoc1Cl. The molecule has 0 bridgehead atoms. The quantitative estimate of drug-likeness (QED) is 0.909. The third-order valence-corrected chi connectivity index (χ3v) is 2.92. The summed E-state index contributed by atoms with van der Waals surface area (Å²) in [6.45, 7) is 1.40. The van der Waals surface area contributed by atoms with Crippen molar-refractivity contribution in [3.05, 3.63) is 41.3 Å². The number of ether oxygens (including phenoxy) is 1. The Morgan fingerprint density at radius 2 is 2.00 bits per heavy atom. The third kappa shape index (κ3) is 3.55. The molecule has 0 fully saturated rings. The average molecular weight is 309 g/mol. The van der Waals surface area contributed by atoms with E-state index in [9.17, 15) is 9.59 Å². The maximum atomic E-state index is 12.1. The van der Waals surface area contributed by atoms with Crippen LogP contribution in [0.3, 0.4) is 0 Å². The summed E-state index contributed by atoms with van der Waals surface area (Å²) in [6, 6.07) is 6.35. The maximum Gasteiger partial charge on any atom is 0.260 e. The Bertz CT molecular complexity index is 681. The molecule has 1 aromatic carbocycles. The van der Waals surface area contributed by atoms with E-state index in [1.54, 1.807) is 18.2 Å². The van der Waals surface area contributed by atoms with Crippen LogP contribution in [0.2, 0.25) is 5.22 Å². The van der Waals surface area contributed by atoms with Crippen molar-refractivity contribution in [2.45, 2.75) is 6.92 Å². The Labute approximate surface area is 126 Å². The molecule has 0 atom stereocenters. The number of halogens is 1. The summed E-state index contributed by atoms with van der Waals surface area (Å²) in [6.07, 6.45) is 1.32. The number of rotatable bonds is 4. The molecule has 0 aliphatic heterocycles. The molecule has 2 rings (SSSR count). The molecule has 0 aliphatic carbocycles. The van der Waals surface area contributed by atoms with Crippen molar-refractivity contribution in [1.29, 1.82) is 0 Å².